The van der Waals surface area contributed by atoms with Crippen molar-refractivity contribution in [2.75, 3.05) is 57.9 Å². The summed E-state index contributed by atoms with van der Waals surface area (Å²) in [6.45, 7) is 12.7. The predicted octanol–water partition coefficient (Wildman–Crippen LogP) is 3.14. The second-order valence-electron chi connectivity index (χ2n) is 7.74. The number of rotatable bonds is 11. The maximum absolute atomic E-state index is 5.63. The van der Waals surface area contributed by atoms with Gasteiger partial charge in [0.05, 0.1) is 12.8 Å². The first-order chi connectivity index (χ1) is 13.6. The van der Waals surface area contributed by atoms with Gasteiger partial charge in [0.15, 0.2) is 5.96 Å². The largest absolute Gasteiger partial charge is 0.495 e. The van der Waals surface area contributed by atoms with Crippen molar-refractivity contribution in [1.82, 2.24) is 10.6 Å². The summed E-state index contributed by atoms with van der Waals surface area (Å²) in [4.78, 5) is 7.22. The molecular weight excluding hydrogens is 352 g/mol. The van der Waals surface area contributed by atoms with Crippen LogP contribution in [0.25, 0.3) is 0 Å². The minimum atomic E-state index is 0.565. The van der Waals surface area contributed by atoms with Crippen molar-refractivity contribution >= 4 is 11.6 Å². The van der Waals surface area contributed by atoms with Gasteiger partial charge in [0, 0.05) is 45.9 Å². The van der Waals surface area contributed by atoms with Crippen LogP contribution in [0.4, 0.5) is 5.69 Å². The summed E-state index contributed by atoms with van der Waals surface area (Å²) in [5.41, 5.74) is 1.18. The van der Waals surface area contributed by atoms with E-state index in [9.17, 15) is 0 Å². The molecule has 0 bridgehead atoms. The summed E-state index contributed by atoms with van der Waals surface area (Å²) >= 11 is 0. The van der Waals surface area contributed by atoms with Crippen LogP contribution in [0.5, 0.6) is 5.75 Å². The van der Waals surface area contributed by atoms with Gasteiger partial charge in [-0.3, -0.25) is 4.99 Å². The Hall–Kier alpha value is -1.95. The lowest BCUT2D eigenvalue weighted by Crippen LogP contribution is -2.38. The summed E-state index contributed by atoms with van der Waals surface area (Å²) in [6, 6.07) is 8.25. The number of nitrogens with one attached hydrogen (secondary N) is 2. The van der Waals surface area contributed by atoms with Crippen LogP contribution in [0, 0.1) is 11.8 Å². The molecule has 158 valence electrons. The first-order valence-corrected chi connectivity index (χ1v) is 10.6. The standard InChI is InChI=1S/C22H38N4O2/c1-5-23-22(24-12-8-14-28-17-18(2)3)25-15-19-11-13-26(16-19)20-9-6-7-10-21(20)27-4/h6-7,9-10,18-19H,5,8,11-17H2,1-4H3,(H2,23,24,25). The number of hydrogen-bond acceptors (Lipinski definition) is 4. The molecule has 1 aliphatic heterocycles. The molecule has 1 unspecified atom stereocenters. The molecule has 2 rings (SSSR count). The fourth-order valence-corrected chi connectivity index (χ4v) is 3.35. The zero-order chi connectivity index (χ0) is 20.2. The van der Waals surface area contributed by atoms with Gasteiger partial charge >= 0.3 is 0 Å². The molecule has 28 heavy (non-hydrogen) atoms. The van der Waals surface area contributed by atoms with Crippen LogP contribution in [0.15, 0.2) is 29.3 Å². The van der Waals surface area contributed by atoms with Crippen LogP contribution in [-0.2, 0) is 4.74 Å². The summed E-state index contributed by atoms with van der Waals surface area (Å²) in [7, 11) is 1.74. The van der Waals surface area contributed by atoms with Gasteiger partial charge in [0.2, 0.25) is 0 Å². The van der Waals surface area contributed by atoms with Gasteiger partial charge in [0.1, 0.15) is 5.75 Å². The topological polar surface area (TPSA) is 58.1 Å². The zero-order valence-electron chi connectivity index (χ0n) is 18.0. The van der Waals surface area contributed by atoms with Crippen LogP contribution >= 0.6 is 0 Å². The molecule has 1 aromatic rings. The van der Waals surface area contributed by atoms with Crippen molar-refractivity contribution in [1.29, 1.82) is 0 Å². The third-order valence-electron chi connectivity index (χ3n) is 4.77. The highest BCUT2D eigenvalue weighted by Crippen LogP contribution is 2.31. The van der Waals surface area contributed by atoms with Crippen LogP contribution < -0.4 is 20.3 Å². The monoisotopic (exact) mass is 390 g/mol. The van der Waals surface area contributed by atoms with Crippen molar-refractivity contribution in [2.45, 2.75) is 33.6 Å². The molecule has 1 atom stereocenters. The minimum absolute atomic E-state index is 0.565. The number of para-hydroxylation sites is 2. The molecule has 0 amide bonds. The number of guanidine groups is 1. The van der Waals surface area contributed by atoms with Crippen molar-refractivity contribution in [3.05, 3.63) is 24.3 Å². The summed E-state index contributed by atoms with van der Waals surface area (Å²) in [6.07, 6.45) is 2.14. The Morgan fingerprint density at radius 2 is 2.11 bits per heavy atom. The van der Waals surface area contributed by atoms with Crippen molar-refractivity contribution in [3.8, 4) is 5.75 Å². The van der Waals surface area contributed by atoms with Gasteiger partial charge in [-0.15, -0.1) is 0 Å². The van der Waals surface area contributed by atoms with Gasteiger partial charge < -0.3 is 25.0 Å². The Balaban J connectivity index is 1.76. The van der Waals surface area contributed by atoms with Gasteiger partial charge in [-0.2, -0.15) is 0 Å². The van der Waals surface area contributed by atoms with Crippen LogP contribution in [0.2, 0.25) is 0 Å². The van der Waals surface area contributed by atoms with E-state index in [2.05, 4.69) is 48.4 Å². The van der Waals surface area contributed by atoms with E-state index in [1.165, 1.54) is 5.69 Å². The molecule has 1 fully saturated rings. The molecule has 2 N–H and O–H groups in total. The maximum atomic E-state index is 5.63. The normalized spacial score (nSPS) is 17.2. The van der Waals surface area contributed by atoms with E-state index in [0.29, 0.717) is 11.8 Å². The fraction of sp³-hybridized carbons (Fsp3) is 0.682. The SMILES string of the molecule is CCNC(=NCC1CCN(c2ccccc2OC)C1)NCCCOCC(C)C. The average molecular weight is 391 g/mol. The first-order valence-electron chi connectivity index (χ1n) is 10.6. The lowest BCUT2D eigenvalue weighted by molar-refractivity contribution is 0.108. The fourth-order valence-electron chi connectivity index (χ4n) is 3.35. The van der Waals surface area contributed by atoms with Crippen LogP contribution in [0.3, 0.4) is 0 Å². The third kappa shape index (κ3) is 7.58. The highest BCUT2D eigenvalue weighted by atomic mass is 16.5. The van der Waals surface area contributed by atoms with Crippen molar-refractivity contribution < 1.29 is 9.47 Å². The molecular formula is C22H38N4O2. The lowest BCUT2D eigenvalue weighted by Gasteiger charge is -2.21. The number of aliphatic imine (C=N–C) groups is 1. The molecule has 1 heterocycles. The van der Waals surface area contributed by atoms with Crippen LogP contribution in [0.1, 0.15) is 33.6 Å². The highest BCUT2D eigenvalue weighted by Gasteiger charge is 2.24. The molecule has 0 radical (unpaired) electrons. The van der Waals surface area contributed by atoms with Gasteiger partial charge in [-0.1, -0.05) is 26.0 Å². The predicted molar refractivity (Wildman–Crippen MR) is 118 cm³/mol. The van der Waals surface area contributed by atoms with Gasteiger partial charge in [0.25, 0.3) is 0 Å². The summed E-state index contributed by atoms with van der Waals surface area (Å²) in [5.74, 6) is 3.01. The number of nitrogens with zero attached hydrogens (tertiary/aromatic N) is 2. The molecule has 0 saturated carbocycles. The molecule has 1 aromatic carbocycles. The van der Waals surface area contributed by atoms with E-state index >= 15 is 0 Å². The first kappa shape index (κ1) is 22.3. The maximum Gasteiger partial charge on any atom is 0.191 e. The molecule has 1 saturated heterocycles. The third-order valence-corrected chi connectivity index (χ3v) is 4.77. The zero-order valence-corrected chi connectivity index (χ0v) is 18.0. The van der Waals surface area contributed by atoms with E-state index in [-0.39, 0.29) is 0 Å². The van der Waals surface area contributed by atoms with E-state index in [1.54, 1.807) is 7.11 Å². The Morgan fingerprint density at radius 1 is 1.29 bits per heavy atom. The van der Waals surface area contributed by atoms with Gasteiger partial charge in [-0.25, -0.2) is 0 Å². The Bertz CT molecular complexity index is 592. The molecule has 0 spiro atoms. The van der Waals surface area contributed by atoms with Gasteiger partial charge in [-0.05, 0) is 43.7 Å². The number of anilines is 1. The Kier molecular flexibility index (Phi) is 9.97. The number of methoxy groups -OCH3 is 1. The lowest BCUT2D eigenvalue weighted by atomic mass is 10.1. The molecule has 1 aliphatic rings. The Labute approximate surface area is 170 Å². The number of ether oxygens (including phenoxy) is 2. The minimum Gasteiger partial charge on any atom is -0.495 e. The molecule has 6 nitrogen and oxygen atoms in total. The molecule has 0 aromatic heterocycles. The Morgan fingerprint density at radius 3 is 2.86 bits per heavy atom. The van der Waals surface area contributed by atoms with E-state index in [0.717, 1.165) is 70.5 Å². The molecule has 6 heteroatoms. The smallest absolute Gasteiger partial charge is 0.191 e. The summed E-state index contributed by atoms with van der Waals surface area (Å²) < 4.78 is 11.1. The van der Waals surface area contributed by atoms with E-state index in [4.69, 9.17) is 14.5 Å². The van der Waals surface area contributed by atoms with Crippen LogP contribution in [-0.4, -0.2) is 59.0 Å². The highest BCUT2D eigenvalue weighted by molar-refractivity contribution is 5.79. The summed E-state index contributed by atoms with van der Waals surface area (Å²) in [5, 5.41) is 6.76. The van der Waals surface area contributed by atoms with E-state index < -0.39 is 0 Å². The molecule has 0 aliphatic carbocycles. The van der Waals surface area contributed by atoms with Crippen molar-refractivity contribution in [3.63, 3.8) is 0 Å². The second-order valence-corrected chi connectivity index (χ2v) is 7.74. The number of benzene rings is 1. The average Bonchev–Trinajstić information content (AvgIpc) is 3.17. The second kappa shape index (κ2) is 12.5. The quantitative estimate of drug-likeness (QED) is 0.345. The number of hydrogen-bond donors (Lipinski definition) is 2. The van der Waals surface area contributed by atoms with Crippen molar-refractivity contribution in [2.24, 2.45) is 16.8 Å². The van der Waals surface area contributed by atoms with E-state index in [1.807, 2.05) is 12.1 Å².